The molecule has 0 aliphatic carbocycles. The molecule has 4 atom stereocenters. The standard InChI is InChI=1S/C37H50F2N4O5S/c1-35(2,3)32(30-18-37(23-41-30,17-24-10-8-7-9-11-24)27-16-26(38)12-13-28(27)39)43(31(44)22-49-21-29(40)33(45)46)20-25-14-15-42(19-25)34(47)48-36(4,5)6/h7-13,16,18,25,29,32,41H,14-15,17,19-23,40H2,1-6H3,(H,45,46). The van der Waals surface area contributed by atoms with Crippen LogP contribution >= 0.6 is 11.8 Å². The summed E-state index contributed by atoms with van der Waals surface area (Å²) in [7, 11) is 0. The third kappa shape index (κ3) is 9.97. The second-order valence-corrected chi connectivity index (χ2v) is 16.3. The number of carbonyl (C=O) groups is 3. The van der Waals surface area contributed by atoms with Crippen LogP contribution in [0.25, 0.3) is 0 Å². The molecule has 2 amide bonds. The summed E-state index contributed by atoms with van der Waals surface area (Å²) >= 11 is 1.16. The van der Waals surface area contributed by atoms with Gasteiger partial charge in [-0.2, -0.15) is 0 Å². The average molecular weight is 701 g/mol. The van der Waals surface area contributed by atoms with Crippen molar-refractivity contribution in [3.8, 4) is 0 Å². The Morgan fingerprint density at radius 2 is 1.82 bits per heavy atom. The van der Waals surface area contributed by atoms with Gasteiger partial charge >= 0.3 is 12.1 Å². The Bertz CT molecular complexity index is 1530. The molecule has 9 nitrogen and oxygen atoms in total. The van der Waals surface area contributed by atoms with Crippen LogP contribution in [0.1, 0.15) is 59.1 Å². The van der Waals surface area contributed by atoms with Gasteiger partial charge in [-0.25, -0.2) is 13.6 Å². The monoisotopic (exact) mass is 700 g/mol. The van der Waals surface area contributed by atoms with E-state index in [0.717, 1.165) is 35.2 Å². The Kier molecular flexibility index (Phi) is 12.1. The molecule has 0 spiro atoms. The summed E-state index contributed by atoms with van der Waals surface area (Å²) in [6.45, 7) is 13.0. The van der Waals surface area contributed by atoms with Gasteiger partial charge in [0, 0.05) is 48.6 Å². The summed E-state index contributed by atoms with van der Waals surface area (Å²) in [5.41, 5.74) is 5.50. The minimum absolute atomic E-state index is 0.00295. The van der Waals surface area contributed by atoms with E-state index in [1.54, 1.807) is 4.90 Å². The predicted molar refractivity (Wildman–Crippen MR) is 188 cm³/mol. The summed E-state index contributed by atoms with van der Waals surface area (Å²) in [6.07, 6.45) is 2.62. The Hall–Kier alpha value is -3.64. The number of carboxylic acids is 1. The maximum Gasteiger partial charge on any atom is 0.410 e. The number of halogens is 2. The third-order valence-electron chi connectivity index (χ3n) is 8.85. The first-order chi connectivity index (χ1) is 22.9. The highest BCUT2D eigenvalue weighted by molar-refractivity contribution is 8.00. The zero-order valence-electron chi connectivity index (χ0n) is 29.3. The normalized spacial score (nSPS) is 20.7. The van der Waals surface area contributed by atoms with Crippen LogP contribution in [-0.2, 0) is 26.2 Å². The number of nitrogens with two attached hydrogens (primary N) is 1. The van der Waals surface area contributed by atoms with Gasteiger partial charge in [-0.15, -0.1) is 11.8 Å². The molecule has 2 heterocycles. The van der Waals surface area contributed by atoms with Gasteiger partial charge < -0.3 is 30.7 Å². The number of benzene rings is 2. The molecule has 2 aromatic rings. The van der Waals surface area contributed by atoms with Gasteiger partial charge in [-0.05, 0) is 68.7 Å². The Morgan fingerprint density at radius 3 is 2.45 bits per heavy atom. The fourth-order valence-corrected chi connectivity index (χ4v) is 7.54. The Labute approximate surface area is 292 Å². The van der Waals surface area contributed by atoms with Gasteiger partial charge in [0.15, 0.2) is 0 Å². The van der Waals surface area contributed by atoms with Crippen molar-refractivity contribution in [1.29, 1.82) is 0 Å². The molecule has 2 aliphatic rings. The zero-order chi connectivity index (χ0) is 36.1. The van der Waals surface area contributed by atoms with E-state index in [1.807, 2.05) is 82.9 Å². The lowest BCUT2D eigenvalue weighted by Gasteiger charge is -2.42. The molecule has 0 aromatic heterocycles. The number of amides is 2. The van der Waals surface area contributed by atoms with Gasteiger partial charge in [0.2, 0.25) is 5.91 Å². The number of nitrogens with one attached hydrogen (secondary N) is 1. The van der Waals surface area contributed by atoms with Crippen molar-refractivity contribution in [2.75, 3.05) is 37.7 Å². The largest absolute Gasteiger partial charge is 0.480 e. The number of aliphatic carboxylic acids is 1. The maximum atomic E-state index is 15.6. The number of ether oxygens (including phenoxy) is 1. The smallest absolute Gasteiger partial charge is 0.410 e. The van der Waals surface area contributed by atoms with Crippen LogP contribution in [0.4, 0.5) is 13.6 Å². The average Bonchev–Trinajstić information content (AvgIpc) is 3.65. The van der Waals surface area contributed by atoms with E-state index in [0.29, 0.717) is 32.5 Å². The fourth-order valence-electron chi connectivity index (χ4n) is 6.69. The van der Waals surface area contributed by atoms with E-state index < -0.39 is 52.2 Å². The molecular weight excluding hydrogens is 650 g/mol. The van der Waals surface area contributed by atoms with Crippen LogP contribution in [0.3, 0.4) is 0 Å². The SMILES string of the molecule is CC(C)(C)OC(=O)N1CCC(CN(C(=O)CSCC(N)C(=O)O)C(C2=CC(Cc3ccccc3)(c3cc(F)ccc3F)CN2)C(C)(C)C)C1. The molecule has 2 aliphatic heterocycles. The lowest BCUT2D eigenvalue weighted by molar-refractivity contribution is -0.138. The van der Waals surface area contributed by atoms with Gasteiger partial charge in [0.05, 0.1) is 11.8 Å². The van der Waals surface area contributed by atoms with Crippen molar-refractivity contribution >= 4 is 29.7 Å². The Balaban J connectivity index is 1.72. The highest BCUT2D eigenvalue weighted by Gasteiger charge is 2.45. The van der Waals surface area contributed by atoms with Crippen LogP contribution in [0.5, 0.6) is 0 Å². The minimum atomic E-state index is -1.14. The van der Waals surface area contributed by atoms with Gasteiger partial charge in [0.1, 0.15) is 23.3 Å². The first-order valence-electron chi connectivity index (χ1n) is 16.7. The molecule has 12 heteroatoms. The van der Waals surface area contributed by atoms with E-state index in [2.05, 4.69) is 5.32 Å². The molecule has 1 fully saturated rings. The predicted octanol–water partition coefficient (Wildman–Crippen LogP) is 5.58. The van der Waals surface area contributed by atoms with Gasteiger partial charge in [-0.1, -0.05) is 57.2 Å². The lowest BCUT2D eigenvalue weighted by Crippen LogP contribution is -2.53. The molecule has 0 bridgehead atoms. The van der Waals surface area contributed by atoms with Crippen molar-refractivity contribution in [1.82, 2.24) is 15.1 Å². The van der Waals surface area contributed by atoms with E-state index in [4.69, 9.17) is 10.5 Å². The summed E-state index contributed by atoms with van der Waals surface area (Å²) in [6, 6.07) is 11.5. The molecule has 4 unspecified atom stereocenters. The molecule has 4 N–H and O–H groups in total. The number of rotatable bonds is 12. The van der Waals surface area contributed by atoms with Crippen molar-refractivity contribution in [2.24, 2.45) is 17.1 Å². The second kappa shape index (κ2) is 15.5. The van der Waals surface area contributed by atoms with Crippen LogP contribution in [-0.4, -0.2) is 88.2 Å². The second-order valence-electron chi connectivity index (χ2n) is 15.3. The van der Waals surface area contributed by atoms with Crippen molar-refractivity contribution in [3.05, 3.63) is 83.1 Å². The molecule has 0 radical (unpaired) electrons. The first kappa shape index (κ1) is 38.2. The van der Waals surface area contributed by atoms with Crippen LogP contribution < -0.4 is 11.1 Å². The number of hydrogen-bond acceptors (Lipinski definition) is 7. The van der Waals surface area contributed by atoms with Crippen molar-refractivity contribution < 1.29 is 33.0 Å². The van der Waals surface area contributed by atoms with Crippen LogP contribution in [0.15, 0.2) is 60.3 Å². The fraction of sp³-hybridized carbons (Fsp3) is 0.541. The summed E-state index contributed by atoms with van der Waals surface area (Å²) in [5.74, 6) is -2.40. The maximum absolute atomic E-state index is 15.6. The highest BCUT2D eigenvalue weighted by atomic mass is 32.2. The number of likely N-dealkylation sites (tertiary alicyclic amines) is 1. The highest BCUT2D eigenvalue weighted by Crippen LogP contribution is 2.41. The number of hydrogen-bond donors (Lipinski definition) is 3. The van der Waals surface area contributed by atoms with E-state index in [1.165, 1.54) is 6.07 Å². The quantitative estimate of drug-likeness (QED) is 0.262. The molecule has 49 heavy (non-hydrogen) atoms. The summed E-state index contributed by atoms with van der Waals surface area (Å²) in [5, 5.41) is 12.8. The number of carbonyl (C=O) groups excluding carboxylic acids is 2. The Morgan fingerprint density at radius 1 is 1.12 bits per heavy atom. The van der Waals surface area contributed by atoms with Crippen LogP contribution in [0.2, 0.25) is 0 Å². The summed E-state index contributed by atoms with van der Waals surface area (Å²) < 4.78 is 35.8. The number of thioether (sulfide) groups is 1. The third-order valence-corrected chi connectivity index (χ3v) is 9.89. The van der Waals surface area contributed by atoms with Crippen molar-refractivity contribution in [2.45, 2.75) is 77.5 Å². The van der Waals surface area contributed by atoms with E-state index >= 15 is 4.39 Å². The van der Waals surface area contributed by atoms with Gasteiger partial charge in [-0.3, -0.25) is 9.59 Å². The number of carboxylic acid groups (broad SMARTS) is 1. The lowest BCUT2D eigenvalue weighted by atomic mass is 9.75. The summed E-state index contributed by atoms with van der Waals surface area (Å²) in [4.78, 5) is 41.9. The first-order valence-corrected chi connectivity index (χ1v) is 17.8. The molecule has 0 saturated carbocycles. The van der Waals surface area contributed by atoms with Crippen molar-refractivity contribution in [3.63, 3.8) is 0 Å². The zero-order valence-corrected chi connectivity index (χ0v) is 30.1. The minimum Gasteiger partial charge on any atom is -0.480 e. The number of nitrogens with zero attached hydrogens (tertiary/aromatic N) is 2. The van der Waals surface area contributed by atoms with Crippen LogP contribution in [0, 0.1) is 23.0 Å². The van der Waals surface area contributed by atoms with Gasteiger partial charge in [0.25, 0.3) is 0 Å². The molecule has 2 aromatic carbocycles. The van der Waals surface area contributed by atoms with E-state index in [-0.39, 0.29) is 35.4 Å². The topological polar surface area (TPSA) is 125 Å². The molecule has 1 saturated heterocycles. The molecule has 268 valence electrons. The molecular formula is C37H50F2N4O5S. The molecule has 4 rings (SSSR count). The van der Waals surface area contributed by atoms with E-state index in [9.17, 15) is 23.9 Å².